The lowest BCUT2D eigenvalue weighted by atomic mass is 9.70. The molecule has 1 N–H and O–H groups in total. The van der Waals surface area contributed by atoms with Crippen LogP contribution in [-0.4, -0.2) is 70.0 Å². The number of hydrogen-bond acceptors (Lipinski definition) is 7. The first-order valence-corrected chi connectivity index (χ1v) is 15.8. The Hall–Kier alpha value is -2.59. The third-order valence-electron chi connectivity index (χ3n) is 8.48. The first kappa shape index (κ1) is 28.9. The molecule has 2 atom stereocenters. The molecule has 1 aliphatic carbocycles. The molecular formula is C30H37ClN2O6S. The van der Waals surface area contributed by atoms with Crippen LogP contribution in [0.4, 0.5) is 5.69 Å². The number of allylic oxidation sites excluding steroid dienone is 1. The maximum Gasteiger partial charge on any atom is 0.343 e. The Morgan fingerprint density at radius 2 is 1.95 bits per heavy atom. The third-order valence-corrected chi connectivity index (χ3v) is 10.6. The number of likely N-dealkylation sites (N-methyl/N-ethyl adjacent to an activating group) is 1. The standard InChI is InChI=1S/C30H37ClN2O6S/c1-32-15-6-4-3-5-7-16-33-19-29(14-8-9-22-17-24(31)11-12-25(22)29)20-39-27-13-10-23(18-26(27)33)30(35,28(34)38-2)21-40(32,36)37/h4,6,10-13,17-18,35H,3,5,7-9,14-16,19-21H2,1-2H3/b6-4-/t29-,30-/m0/s1. The van der Waals surface area contributed by atoms with E-state index in [0.717, 1.165) is 67.2 Å². The molecule has 2 aromatic rings. The molecule has 10 heteroatoms. The van der Waals surface area contributed by atoms with Gasteiger partial charge in [-0.25, -0.2) is 17.5 Å². The summed E-state index contributed by atoms with van der Waals surface area (Å²) in [6, 6.07) is 11.1. The van der Waals surface area contributed by atoms with Gasteiger partial charge in [0.15, 0.2) is 0 Å². The third kappa shape index (κ3) is 5.49. The summed E-state index contributed by atoms with van der Waals surface area (Å²) in [5.41, 5.74) is 0.715. The molecule has 5 rings (SSSR count). The molecule has 1 spiro atoms. The summed E-state index contributed by atoms with van der Waals surface area (Å²) in [6.45, 7) is 2.06. The van der Waals surface area contributed by atoms with Crippen LogP contribution in [0.25, 0.3) is 0 Å². The van der Waals surface area contributed by atoms with Crippen molar-refractivity contribution in [1.29, 1.82) is 0 Å². The summed E-state index contributed by atoms with van der Waals surface area (Å²) >= 11 is 6.35. The Balaban J connectivity index is 1.62. The number of aliphatic hydroxyl groups is 1. The Kier molecular flexibility index (Phi) is 8.21. The smallest absolute Gasteiger partial charge is 0.343 e. The van der Waals surface area contributed by atoms with Gasteiger partial charge in [-0.05, 0) is 79.5 Å². The van der Waals surface area contributed by atoms with Crippen LogP contribution in [0.15, 0.2) is 48.6 Å². The van der Waals surface area contributed by atoms with E-state index in [-0.39, 0.29) is 17.5 Å². The number of halogens is 1. The molecule has 0 aromatic heterocycles. The summed E-state index contributed by atoms with van der Waals surface area (Å²) in [5, 5.41) is 12.4. The molecule has 2 aliphatic heterocycles. The molecule has 2 heterocycles. The quantitative estimate of drug-likeness (QED) is 0.394. The van der Waals surface area contributed by atoms with Crippen molar-refractivity contribution in [2.24, 2.45) is 0 Å². The normalized spacial score (nSPS) is 27.9. The number of carbonyl (C=O) groups is 1. The van der Waals surface area contributed by atoms with Gasteiger partial charge in [-0.15, -0.1) is 0 Å². The van der Waals surface area contributed by atoms with E-state index in [0.29, 0.717) is 18.9 Å². The zero-order chi connectivity index (χ0) is 28.5. The number of fused-ring (bicyclic) bond motifs is 3. The lowest BCUT2D eigenvalue weighted by Gasteiger charge is -2.41. The second kappa shape index (κ2) is 11.4. The molecule has 216 valence electrons. The summed E-state index contributed by atoms with van der Waals surface area (Å²) in [6.07, 6.45) is 9.41. The Labute approximate surface area is 241 Å². The van der Waals surface area contributed by atoms with Crippen LogP contribution < -0.4 is 9.64 Å². The fourth-order valence-corrected chi connectivity index (χ4v) is 7.77. The summed E-state index contributed by atoms with van der Waals surface area (Å²) in [7, 11) is -1.43. The molecule has 2 aromatic carbocycles. The van der Waals surface area contributed by atoms with Gasteiger partial charge < -0.3 is 19.5 Å². The van der Waals surface area contributed by atoms with E-state index in [1.807, 2.05) is 18.2 Å². The van der Waals surface area contributed by atoms with E-state index in [1.165, 1.54) is 18.2 Å². The van der Waals surface area contributed by atoms with Crippen molar-refractivity contribution in [2.75, 3.05) is 51.1 Å². The van der Waals surface area contributed by atoms with Gasteiger partial charge in [0, 0.05) is 37.1 Å². The predicted octanol–water partition coefficient (Wildman–Crippen LogP) is 4.18. The number of hydrogen-bond donors (Lipinski definition) is 1. The number of carbonyl (C=O) groups excluding carboxylic acids is 1. The lowest BCUT2D eigenvalue weighted by Crippen LogP contribution is -2.47. The number of rotatable bonds is 1. The van der Waals surface area contributed by atoms with Crippen LogP contribution in [0, 0.1) is 0 Å². The highest BCUT2D eigenvalue weighted by atomic mass is 35.5. The molecule has 0 fully saturated rings. The largest absolute Gasteiger partial charge is 0.490 e. The van der Waals surface area contributed by atoms with E-state index in [2.05, 4.69) is 17.0 Å². The molecule has 2 bridgehead atoms. The van der Waals surface area contributed by atoms with E-state index in [1.54, 1.807) is 18.2 Å². The summed E-state index contributed by atoms with van der Waals surface area (Å²) < 4.78 is 39.0. The van der Waals surface area contributed by atoms with E-state index in [9.17, 15) is 18.3 Å². The van der Waals surface area contributed by atoms with Gasteiger partial charge in [-0.2, -0.15) is 0 Å². The van der Waals surface area contributed by atoms with E-state index in [4.69, 9.17) is 21.1 Å². The predicted molar refractivity (Wildman–Crippen MR) is 156 cm³/mol. The average Bonchev–Trinajstić information content (AvgIpc) is 3.08. The van der Waals surface area contributed by atoms with Gasteiger partial charge in [0.1, 0.15) is 11.5 Å². The molecule has 0 unspecified atom stereocenters. The van der Waals surface area contributed by atoms with Gasteiger partial charge in [-0.1, -0.05) is 35.9 Å². The molecule has 0 amide bonds. The van der Waals surface area contributed by atoms with Crippen molar-refractivity contribution < 1.29 is 27.8 Å². The second-order valence-corrected chi connectivity index (χ2v) is 13.7. The minimum Gasteiger partial charge on any atom is -0.490 e. The number of sulfonamides is 1. The fraction of sp³-hybridized carbons (Fsp3) is 0.500. The minimum absolute atomic E-state index is 0.148. The first-order valence-electron chi connectivity index (χ1n) is 13.8. The van der Waals surface area contributed by atoms with Crippen molar-refractivity contribution in [3.8, 4) is 5.75 Å². The first-order chi connectivity index (χ1) is 19.1. The van der Waals surface area contributed by atoms with Crippen molar-refractivity contribution in [1.82, 2.24) is 4.31 Å². The van der Waals surface area contributed by atoms with Crippen LogP contribution in [-0.2, 0) is 37.0 Å². The molecule has 40 heavy (non-hydrogen) atoms. The number of benzene rings is 2. The minimum atomic E-state index is -4.02. The number of ether oxygens (including phenoxy) is 2. The number of nitrogens with zero attached hydrogens (tertiary/aromatic N) is 2. The van der Waals surface area contributed by atoms with Crippen molar-refractivity contribution in [2.45, 2.75) is 49.5 Å². The van der Waals surface area contributed by atoms with Crippen molar-refractivity contribution >= 4 is 33.3 Å². The van der Waals surface area contributed by atoms with Gasteiger partial charge in [0.2, 0.25) is 15.6 Å². The van der Waals surface area contributed by atoms with Crippen LogP contribution in [0.2, 0.25) is 5.02 Å². The average molecular weight is 589 g/mol. The van der Waals surface area contributed by atoms with Gasteiger partial charge >= 0.3 is 5.97 Å². The highest BCUT2D eigenvalue weighted by Crippen LogP contribution is 2.45. The van der Waals surface area contributed by atoms with E-state index < -0.39 is 27.3 Å². The number of methoxy groups -OCH3 is 1. The van der Waals surface area contributed by atoms with E-state index >= 15 is 0 Å². The monoisotopic (exact) mass is 588 g/mol. The van der Waals surface area contributed by atoms with Crippen LogP contribution in [0.3, 0.4) is 0 Å². The zero-order valence-corrected chi connectivity index (χ0v) is 24.6. The molecule has 3 aliphatic rings. The molecule has 8 nitrogen and oxygen atoms in total. The maximum atomic E-state index is 13.2. The maximum absolute atomic E-state index is 13.2. The van der Waals surface area contributed by atoms with Crippen molar-refractivity contribution in [3.05, 3.63) is 70.3 Å². The van der Waals surface area contributed by atoms with Crippen LogP contribution in [0.1, 0.15) is 48.8 Å². The van der Waals surface area contributed by atoms with Gasteiger partial charge in [0.25, 0.3) is 0 Å². The summed E-state index contributed by atoms with van der Waals surface area (Å²) in [4.78, 5) is 15.3. The van der Waals surface area contributed by atoms with Crippen molar-refractivity contribution in [3.63, 3.8) is 0 Å². The molecule has 0 saturated carbocycles. The second-order valence-electron chi connectivity index (χ2n) is 11.2. The fourth-order valence-electron chi connectivity index (χ4n) is 6.23. The van der Waals surface area contributed by atoms with Crippen LogP contribution >= 0.6 is 11.6 Å². The van der Waals surface area contributed by atoms with Crippen LogP contribution in [0.5, 0.6) is 5.75 Å². The number of aryl methyl sites for hydroxylation is 1. The Morgan fingerprint density at radius 3 is 2.75 bits per heavy atom. The zero-order valence-electron chi connectivity index (χ0n) is 23.1. The molecular weight excluding hydrogens is 552 g/mol. The topological polar surface area (TPSA) is 96.4 Å². The molecule has 0 saturated heterocycles. The SMILES string of the molecule is COC(=O)[C@]1(O)CS(=O)(=O)N(C)C/C=C\CCCCN2C[C@@]3(CCCc4cc(Cl)ccc43)COc3ccc1cc32. The summed E-state index contributed by atoms with van der Waals surface area (Å²) in [5.74, 6) is -1.23. The lowest BCUT2D eigenvalue weighted by molar-refractivity contribution is -0.161. The highest BCUT2D eigenvalue weighted by molar-refractivity contribution is 7.89. The number of anilines is 1. The van der Waals surface area contributed by atoms with Gasteiger partial charge in [0.05, 0.1) is 19.4 Å². The Morgan fingerprint density at radius 1 is 1.12 bits per heavy atom. The highest BCUT2D eigenvalue weighted by Gasteiger charge is 2.46. The molecule has 0 radical (unpaired) electrons. The van der Waals surface area contributed by atoms with Gasteiger partial charge in [-0.3, -0.25) is 0 Å². The number of esters is 1. The Bertz CT molecular complexity index is 1410.